The molecule has 0 aliphatic carbocycles. The third kappa shape index (κ3) is 2.70. The predicted molar refractivity (Wildman–Crippen MR) is 71.3 cm³/mol. The first-order valence-electron chi connectivity index (χ1n) is 6.58. The van der Waals surface area contributed by atoms with Gasteiger partial charge >= 0.3 is 0 Å². The van der Waals surface area contributed by atoms with Crippen molar-refractivity contribution in [2.75, 3.05) is 13.1 Å². The van der Waals surface area contributed by atoms with Gasteiger partial charge in [-0.25, -0.2) is 0 Å². The van der Waals surface area contributed by atoms with Crippen LogP contribution in [-0.2, 0) is 0 Å². The molecule has 0 spiro atoms. The molecule has 0 bridgehead atoms. The first-order chi connectivity index (χ1) is 8.61. The monoisotopic (exact) mass is 247 g/mol. The Morgan fingerprint density at radius 1 is 1.56 bits per heavy atom. The van der Waals surface area contributed by atoms with Crippen LogP contribution >= 0.6 is 0 Å². The van der Waals surface area contributed by atoms with E-state index in [9.17, 15) is 4.79 Å². The van der Waals surface area contributed by atoms with Gasteiger partial charge in [0.25, 0.3) is 5.91 Å². The van der Waals surface area contributed by atoms with E-state index < -0.39 is 0 Å². The zero-order valence-electron chi connectivity index (χ0n) is 11.1. The normalized spacial score (nSPS) is 24.1. The van der Waals surface area contributed by atoms with Crippen molar-refractivity contribution in [1.82, 2.24) is 9.88 Å². The Labute approximate surface area is 108 Å². The van der Waals surface area contributed by atoms with Crippen LogP contribution in [0.5, 0.6) is 0 Å². The molecule has 1 amide bonds. The van der Waals surface area contributed by atoms with E-state index in [1.54, 1.807) is 12.4 Å². The topological polar surface area (TPSA) is 59.2 Å². The summed E-state index contributed by atoms with van der Waals surface area (Å²) in [5.41, 5.74) is 7.76. The predicted octanol–water partition coefficient (Wildman–Crippen LogP) is 1.59. The van der Waals surface area contributed by atoms with Crippen LogP contribution in [0.15, 0.2) is 18.5 Å². The van der Waals surface area contributed by atoms with Crippen LogP contribution in [0, 0.1) is 12.8 Å². The zero-order chi connectivity index (χ0) is 13.1. The van der Waals surface area contributed by atoms with Gasteiger partial charge in [-0.05, 0) is 30.9 Å². The summed E-state index contributed by atoms with van der Waals surface area (Å²) in [6.45, 7) is 5.60. The highest BCUT2D eigenvalue weighted by Crippen LogP contribution is 2.20. The molecule has 0 saturated carbocycles. The third-order valence-electron chi connectivity index (χ3n) is 3.73. The first kappa shape index (κ1) is 13.0. The van der Waals surface area contributed by atoms with Crippen molar-refractivity contribution in [2.45, 2.75) is 32.7 Å². The Morgan fingerprint density at radius 3 is 3.00 bits per heavy atom. The molecule has 1 saturated heterocycles. The molecule has 18 heavy (non-hydrogen) atoms. The average Bonchev–Trinajstić information content (AvgIpc) is 2.38. The SMILES string of the molecule is CCC1CN(C(=O)c2cncc(C)c2)CCC1N. The number of aromatic nitrogens is 1. The van der Waals surface area contributed by atoms with Crippen LogP contribution < -0.4 is 5.73 Å². The van der Waals surface area contributed by atoms with Gasteiger partial charge in [0.2, 0.25) is 0 Å². The Bertz CT molecular complexity index is 433. The molecule has 4 nitrogen and oxygen atoms in total. The zero-order valence-corrected chi connectivity index (χ0v) is 11.1. The number of hydrogen-bond donors (Lipinski definition) is 1. The molecule has 2 heterocycles. The second kappa shape index (κ2) is 5.48. The van der Waals surface area contributed by atoms with Gasteiger partial charge in [0.15, 0.2) is 0 Å². The number of carbonyl (C=O) groups is 1. The summed E-state index contributed by atoms with van der Waals surface area (Å²) in [6, 6.07) is 2.12. The number of likely N-dealkylation sites (tertiary alicyclic amines) is 1. The maximum atomic E-state index is 12.4. The fourth-order valence-electron chi connectivity index (χ4n) is 2.52. The van der Waals surface area contributed by atoms with Crippen LogP contribution in [0.1, 0.15) is 35.7 Å². The first-order valence-corrected chi connectivity index (χ1v) is 6.58. The fourth-order valence-corrected chi connectivity index (χ4v) is 2.52. The summed E-state index contributed by atoms with van der Waals surface area (Å²) in [5, 5.41) is 0. The van der Waals surface area contributed by atoms with Crippen LogP contribution in [0.4, 0.5) is 0 Å². The number of nitrogens with zero attached hydrogens (tertiary/aromatic N) is 2. The van der Waals surface area contributed by atoms with Gasteiger partial charge in [-0.2, -0.15) is 0 Å². The van der Waals surface area contributed by atoms with Crippen molar-refractivity contribution in [3.8, 4) is 0 Å². The molecule has 1 aromatic heterocycles. The number of amides is 1. The summed E-state index contributed by atoms with van der Waals surface area (Å²) >= 11 is 0. The number of piperidine rings is 1. The Morgan fingerprint density at radius 2 is 2.33 bits per heavy atom. The van der Waals surface area contributed by atoms with E-state index in [0.717, 1.165) is 31.5 Å². The van der Waals surface area contributed by atoms with Crippen molar-refractivity contribution in [2.24, 2.45) is 11.7 Å². The highest BCUT2D eigenvalue weighted by Gasteiger charge is 2.28. The van der Waals surface area contributed by atoms with Crippen molar-refractivity contribution in [3.05, 3.63) is 29.6 Å². The van der Waals surface area contributed by atoms with Crippen LogP contribution in [0.25, 0.3) is 0 Å². The van der Waals surface area contributed by atoms with Crippen molar-refractivity contribution in [3.63, 3.8) is 0 Å². The van der Waals surface area contributed by atoms with Gasteiger partial charge in [-0.1, -0.05) is 13.3 Å². The summed E-state index contributed by atoms with van der Waals surface area (Å²) in [7, 11) is 0. The molecule has 98 valence electrons. The molecule has 0 radical (unpaired) electrons. The van der Waals surface area contributed by atoms with Crippen molar-refractivity contribution < 1.29 is 4.79 Å². The molecule has 1 aromatic rings. The maximum absolute atomic E-state index is 12.4. The molecule has 2 rings (SSSR count). The van der Waals surface area contributed by atoms with Gasteiger partial charge in [0, 0.05) is 31.5 Å². The molecule has 2 atom stereocenters. The highest BCUT2D eigenvalue weighted by atomic mass is 16.2. The number of carbonyl (C=O) groups excluding carboxylic acids is 1. The van der Waals surface area contributed by atoms with E-state index in [0.29, 0.717) is 11.5 Å². The fraction of sp³-hybridized carbons (Fsp3) is 0.571. The second-order valence-corrected chi connectivity index (χ2v) is 5.12. The summed E-state index contributed by atoms with van der Waals surface area (Å²) < 4.78 is 0. The molecule has 4 heteroatoms. The summed E-state index contributed by atoms with van der Waals surface area (Å²) in [5.74, 6) is 0.497. The minimum absolute atomic E-state index is 0.0801. The lowest BCUT2D eigenvalue weighted by atomic mass is 9.90. The van der Waals surface area contributed by atoms with Crippen LogP contribution in [0.2, 0.25) is 0 Å². The number of hydrogen-bond acceptors (Lipinski definition) is 3. The van der Waals surface area contributed by atoms with E-state index >= 15 is 0 Å². The number of nitrogens with two attached hydrogens (primary N) is 1. The molecule has 2 N–H and O–H groups in total. The van der Waals surface area contributed by atoms with Crippen LogP contribution in [0.3, 0.4) is 0 Å². The molecule has 0 aromatic carbocycles. The number of aryl methyl sites for hydroxylation is 1. The molecular weight excluding hydrogens is 226 g/mol. The van der Waals surface area contributed by atoms with Gasteiger partial charge < -0.3 is 10.6 Å². The lowest BCUT2D eigenvalue weighted by Crippen LogP contribution is -2.49. The molecule has 2 unspecified atom stereocenters. The molecule has 1 fully saturated rings. The highest BCUT2D eigenvalue weighted by molar-refractivity contribution is 5.94. The number of rotatable bonds is 2. The van der Waals surface area contributed by atoms with E-state index in [1.165, 1.54) is 0 Å². The largest absolute Gasteiger partial charge is 0.338 e. The Kier molecular flexibility index (Phi) is 3.97. The van der Waals surface area contributed by atoms with Gasteiger partial charge in [0.1, 0.15) is 0 Å². The lowest BCUT2D eigenvalue weighted by Gasteiger charge is -2.36. The van der Waals surface area contributed by atoms with Crippen LogP contribution in [-0.4, -0.2) is 34.9 Å². The van der Waals surface area contributed by atoms with Gasteiger partial charge in [-0.3, -0.25) is 9.78 Å². The summed E-state index contributed by atoms with van der Waals surface area (Å²) in [6.07, 6.45) is 5.32. The summed E-state index contributed by atoms with van der Waals surface area (Å²) in [4.78, 5) is 18.4. The van der Waals surface area contributed by atoms with Gasteiger partial charge in [0.05, 0.1) is 5.56 Å². The van der Waals surface area contributed by atoms with Crippen molar-refractivity contribution >= 4 is 5.91 Å². The smallest absolute Gasteiger partial charge is 0.255 e. The second-order valence-electron chi connectivity index (χ2n) is 5.12. The lowest BCUT2D eigenvalue weighted by molar-refractivity contribution is 0.0648. The minimum atomic E-state index is 0.0801. The maximum Gasteiger partial charge on any atom is 0.255 e. The average molecular weight is 247 g/mol. The minimum Gasteiger partial charge on any atom is -0.338 e. The van der Waals surface area contributed by atoms with Crippen molar-refractivity contribution in [1.29, 1.82) is 0 Å². The van der Waals surface area contributed by atoms with E-state index in [-0.39, 0.29) is 11.9 Å². The number of pyridine rings is 1. The molecule has 1 aliphatic heterocycles. The quantitative estimate of drug-likeness (QED) is 0.863. The van der Waals surface area contributed by atoms with E-state index in [1.807, 2.05) is 17.9 Å². The van der Waals surface area contributed by atoms with Gasteiger partial charge in [-0.15, -0.1) is 0 Å². The third-order valence-corrected chi connectivity index (χ3v) is 3.73. The molecular formula is C14H21N3O. The Hall–Kier alpha value is -1.42. The molecule has 1 aliphatic rings. The standard InChI is InChI=1S/C14H21N3O/c1-3-11-9-17(5-4-13(11)15)14(18)12-6-10(2)7-16-8-12/h6-8,11,13H,3-5,9,15H2,1-2H3. The van der Waals surface area contributed by atoms with E-state index in [4.69, 9.17) is 5.73 Å². The van der Waals surface area contributed by atoms with E-state index in [2.05, 4.69) is 11.9 Å². The Balaban J connectivity index is 2.10.